The monoisotopic (exact) mass is 462 g/mol. The minimum Gasteiger partial charge on any atom is -0.465 e. The first kappa shape index (κ1) is 23.4. The Bertz CT molecular complexity index is 863. The smallest absolute Gasteiger partial charge is 0.337 e. The van der Waals surface area contributed by atoms with Gasteiger partial charge in [0.25, 0.3) is 5.91 Å². The zero-order valence-electron chi connectivity index (χ0n) is 17.5. The topological polar surface area (TPSA) is 76.2 Å². The van der Waals surface area contributed by atoms with Gasteiger partial charge >= 0.3 is 5.97 Å². The standard InChI is InChI=1S/C22H26N2O5S2/c1-28-21(27)17-8-6-16(7-9-17)15-18-20(26)24(22(30)31-18)10-4-2-3-5-19(25)23-11-13-29-14-12-23/h6-9,15H,2-5,10-14H2,1H3/b18-15-. The zero-order valence-corrected chi connectivity index (χ0v) is 19.1. The number of carbonyl (C=O) groups excluding carboxylic acids is 3. The molecule has 2 aliphatic heterocycles. The van der Waals surface area contributed by atoms with Crippen molar-refractivity contribution in [2.24, 2.45) is 0 Å². The molecular weight excluding hydrogens is 436 g/mol. The highest BCUT2D eigenvalue weighted by molar-refractivity contribution is 8.26. The number of ether oxygens (including phenoxy) is 2. The van der Waals surface area contributed by atoms with E-state index in [2.05, 4.69) is 0 Å². The van der Waals surface area contributed by atoms with Crippen LogP contribution < -0.4 is 0 Å². The van der Waals surface area contributed by atoms with E-state index in [4.69, 9.17) is 21.7 Å². The predicted octanol–water partition coefficient (Wildman–Crippen LogP) is 3.09. The number of methoxy groups -OCH3 is 1. The Labute approximate surface area is 191 Å². The van der Waals surface area contributed by atoms with Crippen molar-refractivity contribution in [3.63, 3.8) is 0 Å². The third-order valence-electron chi connectivity index (χ3n) is 5.14. The number of unbranched alkanes of at least 4 members (excludes halogenated alkanes) is 2. The molecule has 166 valence electrons. The second-order valence-electron chi connectivity index (χ2n) is 7.25. The zero-order chi connectivity index (χ0) is 22.2. The number of nitrogens with zero attached hydrogens (tertiary/aromatic N) is 2. The quantitative estimate of drug-likeness (QED) is 0.254. The maximum atomic E-state index is 12.7. The van der Waals surface area contributed by atoms with Gasteiger partial charge in [0.1, 0.15) is 4.32 Å². The largest absolute Gasteiger partial charge is 0.465 e. The molecule has 2 amide bonds. The van der Waals surface area contributed by atoms with E-state index in [0.717, 1.165) is 24.8 Å². The van der Waals surface area contributed by atoms with Crippen molar-refractivity contribution in [3.05, 3.63) is 40.3 Å². The molecule has 0 aliphatic carbocycles. The molecule has 0 N–H and O–H groups in total. The van der Waals surface area contributed by atoms with Crippen LogP contribution in [0.1, 0.15) is 41.6 Å². The summed E-state index contributed by atoms with van der Waals surface area (Å²) in [5.41, 5.74) is 1.27. The molecule has 0 atom stereocenters. The Hall–Kier alpha value is -2.23. The van der Waals surface area contributed by atoms with Gasteiger partial charge in [-0.3, -0.25) is 14.5 Å². The van der Waals surface area contributed by atoms with E-state index in [1.165, 1.54) is 18.9 Å². The van der Waals surface area contributed by atoms with E-state index < -0.39 is 5.97 Å². The van der Waals surface area contributed by atoms with Crippen molar-refractivity contribution >= 4 is 52.2 Å². The lowest BCUT2D eigenvalue weighted by Gasteiger charge is -2.26. The van der Waals surface area contributed by atoms with Crippen LogP contribution in [0.2, 0.25) is 0 Å². The first-order chi connectivity index (χ1) is 15.0. The molecule has 0 spiro atoms. The van der Waals surface area contributed by atoms with Gasteiger partial charge in [-0.25, -0.2) is 4.79 Å². The van der Waals surface area contributed by atoms with E-state index in [-0.39, 0.29) is 11.8 Å². The molecule has 2 aliphatic rings. The van der Waals surface area contributed by atoms with Crippen LogP contribution in [-0.4, -0.2) is 71.9 Å². The highest BCUT2D eigenvalue weighted by atomic mass is 32.2. The van der Waals surface area contributed by atoms with Crippen LogP contribution in [0, 0.1) is 0 Å². The lowest BCUT2D eigenvalue weighted by atomic mass is 10.1. The lowest BCUT2D eigenvalue weighted by Crippen LogP contribution is -2.40. The summed E-state index contributed by atoms with van der Waals surface area (Å²) in [5, 5.41) is 0. The Kier molecular flexibility index (Phi) is 8.62. The lowest BCUT2D eigenvalue weighted by molar-refractivity contribution is -0.135. The fourth-order valence-corrected chi connectivity index (χ4v) is 4.68. The van der Waals surface area contributed by atoms with Crippen LogP contribution in [0.15, 0.2) is 29.2 Å². The summed E-state index contributed by atoms with van der Waals surface area (Å²) >= 11 is 6.66. The van der Waals surface area contributed by atoms with Crippen molar-refractivity contribution in [1.29, 1.82) is 0 Å². The van der Waals surface area contributed by atoms with Gasteiger partial charge < -0.3 is 14.4 Å². The molecule has 3 rings (SSSR count). The molecule has 0 unspecified atom stereocenters. The van der Waals surface area contributed by atoms with Gasteiger partial charge in [0.15, 0.2) is 0 Å². The van der Waals surface area contributed by atoms with Gasteiger partial charge in [0, 0.05) is 26.1 Å². The third-order valence-corrected chi connectivity index (χ3v) is 6.52. The van der Waals surface area contributed by atoms with Gasteiger partial charge in [-0.05, 0) is 36.6 Å². The number of thiocarbonyl (C=S) groups is 1. The fourth-order valence-electron chi connectivity index (χ4n) is 3.37. The minimum atomic E-state index is -0.399. The maximum absolute atomic E-state index is 12.7. The summed E-state index contributed by atoms with van der Waals surface area (Å²) in [4.78, 5) is 40.5. The summed E-state index contributed by atoms with van der Waals surface area (Å²) in [6.45, 7) is 3.13. The van der Waals surface area contributed by atoms with Crippen molar-refractivity contribution in [2.75, 3.05) is 40.0 Å². The van der Waals surface area contributed by atoms with Crippen LogP contribution in [-0.2, 0) is 19.1 Å². The van der Waals surface area contributed by atoms with E-state index in [1.807, 2.05) is 4.90 Å². The van der Waals surface area contributed by atoms with E-state index in [9.17, 15) is 14.4 Å². The summed E-state index contributed by atoms with van der Waals surface area (Å²) in [7, 11) is 1.34. The molecule has 2 fully saturated rings. The van der Waals surface area contributed by atoms with Crippen LogP contribution >= 0.6 is 24.0 Å². The number of carbonyl (C=O) groups is 3. The SMILES string of the molecule is COC(=O)c1ccc(/C=C2\SC(=S)N(CCCCCC(=O)N3CCOCC3)C2=O)cc1. The third kappa shape index (κ3) is 6.38. The Morgan fingerprint density at radius 3 is 2.55 bits per heavy atom. The normalized spacial score (nSPS) is 18.0. The highest BCUT2D eigenvalue weighted by Crippen LogP contribution is 2.32. The Morgan fingerprint density at radius 2 is 1.87 bits per heavy atom. The van der Waals surface area contributed by atoms with Gasteiger partial charge in [0.05, 0.1) is 30.8 Å². The average molecular weight is 463 g/mol. The van der Waals surface area contributed by atoms with Gasteiger partial charge in [-0.1, -0.05) is 42.5 Å². The number of morpholine rings is 1. The minimum absolute atomic E-state index is 0.101. The van der Waals surface area contributed by atoms with Crippen molar-refractivity contribution < 1.29 is 23.9 Å². The molecule has 1 aromatic carbocycles. The first-order valence-electron chi connectivity index (χ1n) is 10.3. The summed E-state index contributed by atoms with van der Waals surface area (Å²) in [5.74, 6) is -0.323. The van der Waals surface area contributed by atoms with Gasteiger partial charge in [-0.15, -0.1) is 0 Å². The second-order valence-corrected chi connectivity index (χ2v) is 8.93. The molecule has 0 bridgehead atoms. The molecule has 9 heteroatoms. The molecule has 7 nitrogen and oxygen atoms in total. The molecule has 2 heterocycles. The molecule has 1 aromatic rings. The molecular formula is C22H26N2O5S2. The van der Waals surface area contributed by atoms with E-state index in [1.54, 1.807) is 35.2 Å². The molecule has 0 aromatic heterocycles. The van der Waals surface area contributed by atoms with E-state index >= 15 is 0 Å². The second kappa shape index (κ2) is 11.4. The predicted molar refractivity (Wildman–Crippen MR) is 124 cm³/mol. The van der Waals surface area contributed by atoms with Crippen LogP contribution in [0.5, 0.6) is 0 Å². The Morgan fingerprint density at radius 1 is 1.16 bits per heavy atom. The van der Waals surface area contributed by atoms with Crippen LogP contribution in [0.25, 0.3) is 6.08 Å². The number of benzene rings is 1. The summed E-state index contributed by atoms with van der Waals surface area (Å²) in [6, 6.07) is 6.86. The van der Waals surface area contributed by atoms with E-state index in [0.29, 0.717) is 54.1 Å². The first-order valence-corrected chi connectivity index (χ1v) is 11.5. The number of hydrogen-bond acceptors (Lipinski definition) is 7. The number of rotatable bonds is 8. The van der Waals surface area contributed by atoms with Gasteiger partial charge in [-0.2, -0.15) is 0 Å². The van der Waals surface area contributed by atoms with Crippen LogP contribution in [0.3, 0.4) is 0 Å². The molecule has 0 saturated carbocycles. The fraction of sp³-hybridized carbons (Fsp3) is 0.455. The summed E-state index contributed by atoms with van der Waals surface area (Å²) in [6.07, 6.45) is 4.76. The molecule has 31 heavy (non-hydrogen) atoms. The number of hydrogen-bond donors (Lipinski definition) is 0. The van der Waals surface area contributed by atoms with Crippen molar-refractivity contribution in [2.45, 2.75) is 25.7 Å². The highest BCUT2D eigenvalue weighted by Gasteiger charge is 2.31. The average Bonchev–Trinajstić information content (AvgIpc) is 3.06. The number of amides is 2. The van der Waals surface area contributed by atoms with Crippen LogP contribution in [0.4, 0.5) is 0 Å². The summed E-state index contributed by atoms with van der Waals surface area (Å²) < 4.78 is 10.5. The maximum Gasteiger partial charge on any atom is 0.337 e. The van der Waals surface area contributed by atoms with Crippen molar-refractivity contribution in [1.82, 2.24) is 9.80 Å². The van der Waals surface area contributed by atoms with Crippen molar-refractivity contribution in [3.8, 4) is 0 Å². The Balaban J connectivity index is 1.45. The van der Waals surface area contributed by atoms with Gasteiger partial charge in [0.2, 0.25) is 5.91 Å². The number of thioether (sulfide) groups is 1. The number of esters is 1. The molecule has 2 saturated heterocycles. The molecule has 0 radical (unpaired) electrons.